The second-order valence-corrected chi connectivity index (χ2v) is 6.32. The zero-order valence-corrected chi connectivity index (χ0v) is 15.2. The molecule has 0 unspecified atom stereocenters. The third kappa shape index (κ3) is 4.54. The minimum atomic E-state index is -0.882. The minimum absolute atomic E-state index is 0.253. The molecule has 0 aliphatic carbocycles. The van der Waals surface area contributed by atoms with Crippen molar-refractivity contribution < 1.29 is 18.7 Å². The van der Waals surface area contributed by atoms with Crippen molar-refractivity contribution in [2.45, 2.75) is 13.0 Å². The quantitative estimate of drug-likeness (QED) is 0.679. The van der Waals surface area contributed by atoms with Crippen molar-refractivity contribution in [2.24, 2.45) is 0 Å². The van der Waals surface area contributed by atoms with E-state index in [-0.39, 0.29) is 22.8 Å². The summed E-state index contributed by atoms with van der Waals surface area (Å²) in [6.07, 6.45) is 0. The van der Waals surface area contributed by atoms with E-state index in [0.29, 0.717) is 10.4 Å². The van der Waals surface area contributed by atoms with Gasteiger partial charge in [-0.3, -0.25) is 9.59 Å². The maximum absolute atomic E-state index is 12.1. The van der Waals surface area contributed by atoms with Crippen LogP contribution in [0.25, 0.3) is 11.0 Å². The molecular formula is C20H16ClNO5. The average Bonchev–Trinajstić information content (AvgIpc) is 2.66. The van der Waals surface area contributed by atoms with E-state index in [0.717, 1.165) is 11.6 Å². The van der Waals surface area contributed by atoms with Crippen molar-refractivity contribution in [3.63, 3.8) is 0 Å². The van der Waals surface area contributed by atoms with Gasteiger partial charge >= 0.3 is 5.97 Å². The highest BCUT2D eigenvalue weighted by molar-refractivity contribution is 6.30. The number of hydrogen-bond donors (Lipinski definition) is 1. The number of amides is 1. The molecule has 1 atom stereocenters. The van der Waals surface area contributed by atoms with Gasteiger partial charge in [-0.25, -0.2) is 4.79 Å². The predicted molar refractivity (Wildman–Crippen MR) is 101 cm³/mol. The van der Waals surface area contributed by atoms with Gasteiger partial charge in [0.05, 0.1) is 11.4 Å². The highest BCUT2D eigenvalue weighted by Gasteiger charge is 2.16. The van der Waals surface area contributed by atoms with Gasteiger partial charge in [-0.15, -0.1) is 0 Å². The van der Waals surface area contributed by atoms with Gasteiger partial charge in [0.1, 0.15) is 5.58 Å². The van der Waals surface area contributed by atoms with Crippen LogP contribution in [0.5, 0.6) is 0 Å². The van der Waals surface area contributed by atoms with E-state index >= 15 is 0 Å². The molecule has 138 valence electrons. The van der Waals surface area contributed by atoms with Gasteiger partial charge in [0.15, 0.2) is 12.0 Å². The van der Waals surface area contributed by atoms with Gasteiger partial charge in [0.25, 0.3) is 5.91 Å². The summed E-state index contributed by atoms with van der Waals surface area (Å²) < 4.78 is 10.3. The molecule has 3 rings (SSSR count). The molecule has 1 aromatic heterocycles. The van der Waals surface area contributed by atoms with Gasteiger partial charge in [-0.1, -0.05) is 35.9 Å². The van der Waals surface area contributed by atoms with E-state index in [1.54, 1.807) is 55.5 Å². The molecule has 0 spiro atoms. The minimum Gasteiger partial charge on any atom is -0.450 e. The van der Waals surface area contributed by atoms with Crippen molar-refractivity contribution in [1.29, 1.82) is 0 Å². The van der Waals surface area contributed by atoms with Gasteiger partial charge in [-0.05, 0) is 36.8 Å². The summed E-state index contributed by atoms with van der Waals surface area (Å²) in [5.41, 5.74) is 0.780. The standard InChI is InChI=1S/C20H16ClNO5/c1-12(13-6-8-14(21)9-7-13)22-19(24)11-26-20(25)18-10-16(23)15-4-2-3-5-17(15)27-18/h2-10,12H,11H2,1H3,(H,22,24)/t12-/m1/s1. The predicted octanol–water partition coefficient (Wildman–Crippen LogP) is 3.48. The maximum atomic E-state index is 12.1. The van der Waals surface area contributed by atoms with E-state index in [4.69, 9.17) is 20.8 Å². The lowest BCUT2D eigenvalue weighted by atomic mass is 10.1. The molecule has 0 aliphatic heterocycles. The third-order valence-corrected chi connectivity index (χ3v) is 4.17. The van der Waals surface area contributed by atoms with Crippen LogP contribution in [0.3, 0.4) is 0 Å². The number of rotatable bonds is 5. The first kappa shape index (κ1) is 18.7. The number of esters is 1. The molecule has 0 radical (unpaired) electrons. The molecule has 1 heterocycles. The fourth-order valence-electron chi connectivity index (χ4n) is 2.52. The van der Waals surface area contributed by atoms with E-state index < -0.39 is 18.5 Å². The Labute approximate surface area is 159 Å². The lowest BCUT2D eigenvalue weighted by molar-refractivity contribution is -0.124. The first-order valence-corrected chi connectivity index (χ1v) is 8.56. The fraction of sp³-hybridized carbons (Fsp3) is 0.150. The summed E-state index contributed by atoms with van der Waals surface area (Å²) in [5, 5.41) is 3.68. The summed E-state index contributed by atoms with van der Waals surface area (Å²) in [6, 6.07) is 14.4. The highest BCUT2D eigenvalue weighted by Crippen LogP contribution is 2.16. The second-order valence-electron chi connectivity index (χ2n) is 5.89. The lowest BCUT2D eigenvalue weighted by Crippen LogP contribution is -2.31. The third-order valence-electron chi connectivity index (χ3n) is 3.92. The zero-order valence-electron chi connectivity index (χ0n) is 14.4. The molecule has 7 heteroatoms. The Bertz CT molecular complexity index is 1040. The van der Waals surface area contributed by atoms with Crippen molar-refractivity contribution in [2.75, 3.05) is 6.61 Å². The molecule has 0 fully saturated rings. The van der Waals surface area contributed by atoms with Crippen LogP contribution in [0.2, 0.25) is 5.02 Å². The second kappa shape index (κ2) is 8.05. The number of para-hydroxylation sites is 1. The monoisotopic (exact) mass is 385 g/mol. The first-order valence-electron chi connectivity index (χ1n) is 8.19. The van der Waals surface area contributed by atoms with E-state index in [1.165, 1.54) is 0 Å². The van der Waals surface area contributed by atoms with E-state index in [2.05, 4.69) is 5.32 Å². The summed E-state index contributed by atoms with van der Waals surface area (Å²) in [7, 11) is 0. The summed E-state index contributed by atoms with van der Waals surface area (Å²) in [4.78, 5) is 36.1. The number of benzene rings is 2. The van der Waals surface area contributed by atoms with Crippen LogP contribution >= 0.6 is 11.6 Å². The molecule has 6 nitrogen and oxygen atoms in total. The number of ether oxygens (including phenoxy) is 1. The molecule has 27 heavy (non-hydrogen) atoms. The number of halogens is 1. The van der Waals surface area contributed by atoms with E-state index in [9.17, 15) is 14.4 Å². The van der Waals surface area contributed by atoms with Crippen LogP contribution in [0.15, 0.2) is 63.8 Å². The molecule has 0 saturated heterocycles. The zero-order chi connectivity index (χ0) is 19.4. The Balaban J connectivity index is 1.61. The summed E-state index contributed by atoms with van der Waals surface area (Å²) in [5.74, 6) is -1.61. The van der Waals surface area contributed by atoms with Crippen LogP contribution in [0, 0.1) is 0 Å². The van der Waals surface area contributed by atoms with Crippen LogP contribution < -0.4 is 10.7 Å². The Morgan fingerprint density at radius 3 is 2.59 bits per heavy atom. The number of carbonyl (C=O) groups excluding carboxylic acids is 2. The molecular weight excluding hydrogens is 370 g/mol. The lowest BCUT2D eigenvalue weighted by Gasteiger charge is -2.14. The Hall–Kier alpha value is -3.12. The number of hydrogen-bond acceptors (Lipinski definition) is 5. The molecule has 0 bridgehead atoms. The topological polar surface area (TPSA) is 85.6 Å². The largest absolute Gasteiger partial charge is 0.450 e. The average molecular weight is 386 g/mol. The fourth-order valence-corrected chi connectivity index (χ4v) is 2.65. The number of carbonyl (C=O) groups is 2. The Kier molecular flexibility index (Phi) is 5.57. The molecule has 3 aromatic rings. The molecule has 0 saturated carbocycles. The van der Waals surface area contributed by atoms with Gasteiger partial charge in [0, 0.05) is 11.1 Å². The van der Waals surface area contributed by atoms with Crippen molar-refractivity contribution in [3.8, 4) is 0 Å². The van der Waals surface area contributed by atoms with Gasteiger partial charge in [0.2, 0.25) is 5.76 Å². The van der Waals surface area contributed by atoms with Crippen LogP contribution in [0.1, 0.15) is 29.1 Å². The van der Waals surface area contributed by atoms with Crippen molar-refractivity contribution >= 4 is 34.4 Å². The Morgan fingerprint density at radius 2 is 1.85 bits per heavy atom. The van der Waals surface area contributed by atoms with Gasteiger partial charge in [-0.2, -0.15) is 0 Å². The summed E-state index contributed by atoms with van der Waals surface area (Å²) in [6.45, 7) is 1.30. The van der Waals surface area contributed by atoms with Gasteiger partial charge < -0.3 is 14.5 Å². The highest BCUT2D eigenvalue weighted by atomic mass is 35.5. The number of nitrogens with one attached hydrogen (secondary N) is 1. The van der Waals surface area contributed by atoms with Crippen molar-refractivity contribution in [3.05, 3.63) is 81.2 Å². The van der Waals surface area contributed by atoms with E-state index in [1.807, 2.05) is 0 Å². The van der Waals surface area contributed by atoms with Crippen molar-refractivity contribution in [1.82, 2.24) is 5.32 Å². The number of fused-ring (bicyclic) bond motifs is 1. The smallest absolute Gasteiger partial charge is 0.374 e. The first-order chi connectivity index (χ1) is 12.9. The molecule has 1 amide bonds. The summed E-state index contributed by atoms with van der Waals surface area (Å²) >= 11 is 5.84. The SMILES string of the molecule is C[C@@H](NC(=O)COC(=O)c1cc(=O)c2ccccc2o1)c1ccc(Cl)cc1. The maximum Gasteiger partial charge on any atom is 0.374 e. The molecule has 0 aliphatic rings. The Morgan fingerprint density at radius 1 is 1.15 bits per heavy atom. The van der Waals surface area contributed by atoms with Crippen LogP contribution in [-0.4, -0.2) is 18.5 Å². The molecule has 2 aromatic carbocycles. The normalized spacial score (nSPS) is 11.8. The van der Waals surface area contributed by atoms with Crippen LogP contribution in [-0.2, 0) is 9.53 Å². The molecule has 1 N–H and O–H groups in total. The van der Waals surface area contributed by atoms with Crippen LogP contribution in [0.4, 0.5) is 0 Å².